The molecular formula is C24H27FN2O7S2. The fourth-order valence-electron chi connectivity index (χ4n) is 4.25. The summed E-state index contributed by atoms with van der Waals surface area (Å²) in [4.78, 5) is 13.0. The van der Waals surface area contributed by atoms with E-state index < -0.39 is 43.7 Å². The second-order valence-electron chi connectivity index (χ2n) is 9.63. The topological polar surface area (TPSA) is 112 Å². The lowest BCUT2D eigenvalue weighted by atomic mass is 9.99. The highest BCUT2D eigenvalue weighted by atomic mass is 32.2. The van der Waals surface area contributed by atoms with Gasteiger partial charge in [-0.1, -0.05) is 6.07 Å². The number of sulfonamides is 1. The second-order valence-corrected chi connectivity index (χ2v) is 13.1. The summed E-state index contributed by atoms with van der Waals surface area (Å²) in [5, 5.41) is 0.592. The number of rotatable bonds is 5. The van der Waals surface area contributed by atoms with Crippen LogP contribution in [0.15, 0.2) is 47.5 Å². The first kappa shape index (κ1) is 26.3. The Labute approximate surface area is 209 Å². The number of fused-ring (bicyclic) bond motifs is 2. The number of carbonyl (C=O) groups is 1. The third kappa shape index (κ3) is 5.03. The average molecular weight is 539 g/mol. The van der Waals surface area contributed by atoms with Gasteiger partial charge < -0.3 is 4.74 Å². The van der Waals surface area contributed by atoms with E-state index >= 15 is 0 Å². The van der Waals surface area contributed by atoms with Crippen LogP contribution in [0.1, 0.15) is 39.3 Å². The molecule has 1 atom stereocenters. The van der Waals surface area contributed by atoms with Crippen molar-refractivity contribution in [1.82, 2.24) is 8.87 Å². The van der Waals surface area contributed by atoms with Crippen molar-refractivity contribution in [3.05, 3.63) is 54.0 Å². The van der Waals surface area contributed by atoms with Gasteiger partial charge in [-0.25, -0.2) is 17.6 Å². The van der Waals surface area contributed by atoms with Gasteiger partial charge in [0, 0.05) is 29.7 Å². The maximum Gasteiger partial charge on any atom is 0.419 e. The molecule has 36 heavy (non-hydrogen) atoms. The van der Waals surface area contributed by atoms with Gasteiger partial charge in [0.2, 0.25) is 10.0 Å². The van der Waals surface area contributed by atoms with Gasteiger partial charge in [0.1, 0.15) is 11.4 Å². The summed E-state index contributed by atoms with van der Waals surface area (Å²) in [5.41, 5.74) is 1.31. The fourth-order valence-corrected chi connectivity index (χ4v) is 6.49. The standard InChI is InChI=1S/C24H27FN2O7S2/c1-15-19-12-16(6-9-22(19)36(31,32)27(15)10-11-33-35(5,29)30)20-14-26(23(28)34-24(2,3)4)21-13-17(25)7-8-18(20)21/h6-9,12-15H,10-11H2,1-5H3. The summed E-state index contributed by atoms with van der Waals surface area (Å²) in [6.07, 6.45) is 1.78. The van der Waals surface area contributed by atoms with Crippen LogP contribution < -0.4 is 0 Å². The molecule has 0 amide bonds. The summed E-state index contributed by atoms with van der Waals surface area (Å²) >= 11 is 0. The minimum atomic E-state index is -3.86. The predicted molar refractivity (Wildman–Crippen MR) is 132 cm³/mol. The maximum atomic E-state index is 14.1. The molecule has 0 N–H and O–H groups in total. The Bertz CT molecular complexity index is 1570. The van der Waals surface area contributed by atoms with E-state index in [9.17, 15) is 26.0 Å². The minimum Gasteiger partial charge on any atom is -0.443 e. The SMILES string of the molecule is CC1c2cc(-c3cn(C(=O)OC(C)(C)C)c4cc(F)ccc34)ccc2S(=O)(=O)N1CCOS(C)(=O)=O. The highest BCUT2D eigenvalue weighted by Gasteiger charge is 2.40. The zero-order valence-electron chi connectivity index (χ0n) is 20.5. The summed E-state index contributed by atoms with van der Waals surface area (Å²) in [7, 11) is -7.57. The number of hydrogen-bond donors (Lipinski definition) is 0. The van der Waals surface area contributed by atoms with E-state index in [2.05, 4.69) is 0 Å². The second kappa shape index (κ2) is 8.94. The lowest BCUT2D eigenvalue weighted by Gasteiger charge is -2.19. The normalized spacial score (nSPS) is 17.9. The molecule has 194 valence electrons. The molecule has 1 aliphatic heterocycles. The first-order valence-corrected chi connectivity index (χ1v) is 14.4. The molecule has 0 saturated carbocycles. The van der Waals surface area contributed by atoms with Crippen LogP contribution in [-0.4, -0.2) is 56.8 Å². The quantitative estimate of drug-likeness (QED) is 0.446. The Morgan fingerprint density at radius 1 is 1.14 bits per heavy atom. The highest BCUT2D eigenvalue weighted by molar-refractivity contribution is 7.89. The van der Waals surface area contributed by atoms with Crippen molar-refractivity contribution in [2.24, 2.45) is 0 Å². The Morgan fingerprint density at radius 3 is 2.47 bits per heavy atom. The van der Waals surface area contributed by atoms with Crippen molar-refractivity contribution < 1.29 is 34.9 Å². The van der Waals surface area contributed by atoms with Crippen molar-refractivity contribution in [3.8, 4) is 11.1 Å². The minimum absolute atomic E-state index is 0.111. The summed E-state index contributed by atoms with van der Waals surface area (Å²) in [6.45, 7) is 6.44. The van der Waals surface area contributed by atoms with Crippen LogP contribution >= 0.6 is 0 Å². The Morgan fingerprint density at radius 2 is 1.83 bits per heavy atom. The van der Waals surface area contributed by atoms with E-state index in [0.29, 0.717) is 27.6 Å². The molecule has 9 nitrogen and oxygen atoms in total. The van der Waals surface area contributed by atoms with E-state index in [0.717, 1.165) is 6.26 Å². The molecule has 4 rings (SSSR count). The average Bonchev–Trinajstić information content (AvgIpc) is 3.20. The molecule has 2 heterocycles. The first-order valence-electron chi connectivity index (χ1n) is 11.1. The predicted octanol–water partition coefficient (Wildman–Crippen LogP) is 4.27. The zero-order chi connectivity index (χ0) is 26.6. The molecule has 0 fully saturated rings. The molecule has 1 aliphatic rings. The molecular weight excluding hydrogens is 511 g/mol. The molecule has 0 aliphatic carbocycles. The van der Waals surface area contributed by atoms with Gasteiger partial charge in [0.15, 0.2) is 0 Å². The molecule has 3 aromatic rings. The van der Waals surface area contributed by atoms with Crippen LogP contribution in [0.3, 0.4) is 0 Å². The highest BCUT2D eigenvalue weighted by Crippen LogP contribution is 2.42. The third-order valence-corrected chi connectivity index (χ3v) is 8.40. The molecule has 1 unspecified atom stereocenters. The molecule has 2 aromatic carbocycles. The lowest BCUT2D eigenvalue weighted by molar-refractivity contribution is 0.0544. The maximum absolute atomic E-state index is 14.1. The fraction of sp³-hybridized carbons (Fsp3) is 0.375. The van der Waals surface area contributed by atoms with Crippen molar-refractivity contribution >= 4 is 37.1 Å². The number of ether oxygens (including phenoxy) is 1. The van der Waals surface area contributed by atoms with E-state index in [-0.39, 0.29) is 18.0 Å². The number of hydrogen-bond acceptors (Lipinski definition) is 7. The number of aromatic nitrogens is 1. The van der Waals surface area contributed by atoms with Crippen molar-refractivity contribution in [1.29, 1.82) is 0 Å². The van der Waals surface area contributed by atoms with E-state index in [1.165, 1.54) is 27.1 Å². The van der Waals surface area contributed by atoms with Gasteiger partial charge in [-0.3, -0.25) is 8.75 Å². The zero-order valence-corrected chi connectivity index (χ0v) is 22.1. The van der Waals surface area contributed by atoms with Crippen LogP contribution in [-0.2, 0) is 29.1 Å². The number of carbonyl (C=O) groups excluding carboxylic acids is 1. The largest absolute Gasteiger partial charge is 0.443 e. The number of benzene rings is 2. The van der Waals surface area contributed by atoms with Crippen molar-refractivity contribution in [3.63, 3.8) is 0 Å². The molecule has 1 aromatic heterocycles. The molecule has 0 saturated heterocycles. The van der Waals surface area contributed by atoms with E-state index in [1.54, 1.807) is 52.1 Å². The van der Waals surface area contributed by atoms with E-state index in [4.69, 9.17) is 8.92 Å². The summed E-state index contributed by atoms with van der Waals surface area (Å²) in [6, 6.07) is 8.33. The van der Waals surface area contributed by atoms with Crippen LogP contribution in [0.4, 0.5) is 9.18 Å². The Hall–Kier alpha value is -2.80. The molecule has 0 radical (unpaired) electrons. The third-order valence-electron chi connectivity index (χ3n) is 5.76. The van der Waals surface area contributed by atoms with Crippen LogP contribution in [0.2, 0.25) is 0 Å². The van der Waals surface area contributed by atoms with Gasteiger partial charge in [0.25, 0.3) is 10.1 Å². The van der Waals surface area contributed by atoms with Gasteiger partial charge in [-0.15, -0.1) is 0 Å². The van der Waals surface area contributed by atoms with Gasteiger partial charge in [0.05, 0.1) is 23.3 Å². The van der Waals surface area contributed by atoms with E-state index in [1.807, 2.05) is 0 Å². The van der Waals surface area contributed by atoms with Crippen LogP contribution in [0, 0.1) is 5.82 Å². The molecule has 0 bridgehead atoms. The first-order chi connectivity index (χ1) is 16.6. The summed E-state index contributed by atoms with van der Waals surface area (Å²) < 4.78 is 75.4. The Balaban J connectivity index is 1.76. The van der Waals surface area contributed by atoms with Crippen molar-refractivity contribution in [2.75, 3.05) is 19.4 Å². The summed E-state index contributed by atoms with van der Waals surface area (Å²) in [5.74, 6) is -0.516. The van der Waals surface area contributed by atoms with Gasteiger partial charge >= 0.3 is 6.09 Å². The van der Waals surface area contributed by atoms with Gasteiger partial charge in [-0.05, 0) is 69.2 Å². The number of nitrogens with zero attached hydrogens (tertiary/aromatic N) is 2. The molecule has 12 heteroatoms. The smallest absolute Gasteiger partial charge is 0.419 e. The number of halogens is 1. The van der Waals surface area contributed by atoms with Crippen LogP contribution in [0.5, 0.6) is 0 Å². The van der Waals surface area contributed by atoms with Gasteiger partial charge in [-0.2, -0.15) is 12.7 Å². The monoisotopic (exact) mass is 538 g/mol. The molecule has 0 spiro atoms. The van der Waals surface area contributed by atoms with Crippen LogP contribution in [0.25, 0.3) is 22.0 Å². The van der Waals surface area contributed by atoms with Crippen molar-refractivity contribution in [2.45, 2.75) is 44.2 Å². The lowest BCUT2D eigenvalue weighted by Crippen LogP contribution is -2.31. The Kier molecular flexibility index (Phi) is 6.53.